The predicted octanol–water partition coefficient (Wildman–Crippen LogP) is 18.4. The highest BCUT2D eigenvalue weighted by molar-refractivity contribution is 5.76. The summed E-state index contributed by atoms with van der Waals surface area (Å²) in [4.78, 5) is 0. The minimum Gasteiger partial charge on any atom is -0.0619 e. The van der Waals surface area contributed by atoms with Crippen LogP contribution in [-0.4, -0.2) is 0 Å². The van der Waals surface area contributed by atoms with E-state index in [4.69, 9.17) is 0 Å². The molecule has 12 aliphatic carbocycles. The number of benzene rings is 2. The van der Waals surface area contributed by atoms with Gasteiger partial charge in [-0.3, -0.25) is 0 Å². The van der Waals surface area contributed by atoms with E-state index in [1.807, 2.05) is 0 Å². The molecule has 60 heavy (non-hydrogen) atoms. The van der Waals surface area contributed by atoms with Crippen LogP contribution >= 0.6 is 0 Å². The Morgan fingerprint density at radius 3 is 0.700 bits per heavy atom. The van der Waals surface area contributed by atoms with E-state index in [-0.39, 0.29) is 0 Å². The van der Waals surface area contributed by atoms with Gasteiger partial charge in [0.1, 0.15) is 0 Å². The zero-order valence-corrected chi connectivity index (χ0v) is 39.0. The first-order chi connectivity index (χ1) is 29.7. The molecule has 0 bridgehead atoms. The molecular weight excluding hydrogens is 721 g/mol. The minimum absolute atomic E-state index is 1.10. The van der Waals surface area contributed by atoms with Gasteiger partial charge < -0.3 is 0 Å². The van der Waals surface area contributed by atoms with Gasteiger partial charge in [0, 0.05) is 0 Å². The van der Waals surface area contributed by atoms with E-state index in [0.29, 0.717) is 0 Å². The van der Waals surface area contributed by atoms with Crippen LogP contribution in [0.4, 0.5) is 0 Å². The number of rotatable bonds is 0. The Morgan fingerprint density at radius 2 is 0.433 bits per heavy atom. The fourth-order valence-corrected chi connectivity index (χ4v) is 16.8. The zero-order chi connectivity index (χ0) is 40.4. The van der Waals surface area contributed by atoms with E-state index in [0.717, 1.165) is 6.42 Å². The van der Waals surface area contributed by atoms with Crippen molar-refractivity contribution in [1.82, 2.24) is 0 Å². The van der Waals surface area contributed by atoms with Crippen molar-refractivity contribution in [3.63, 3.8) is 0 Å². The van der Waals surface area contributed by atoms with Crippen molar-refractivity contribution in [2.45, 2.75) is 231 Å². The predicted molar refractivity (Wildman–Crippen MR) is 258 cm³/mol. The minimum atomic E-state index is 1.10. The van der Waals surface area contributed by atoms with E-state index < -0.39 is 0 Å². The quantitative estimate of drug-likeness (QED) is 0.212. The van der Waals surface area contributed by atoms with Gasteiger partial charge in [-0.25, -0.2) is 0 Å². The summed E-state index contributed by atoms with van der Waals surface area (Å²) in [7, 11) is 0. The molecule has 12 aliphatic rings. The van der Waals surface area contributed by atoms with Crippen LogP contribution in [0.25, 0.3) is 11.1 Å². The van der Waals surface area contributed by atoms with Crippen LogP contribution in [-0.2, 0) is 6.42 Å². The van der Waals surface area contributed by atoms with Crippen molar-refractivity contribution in [3.05, 3.63) is 59.7 Å². The topological polar surface area (TPSA) is 0 Å². The Hall–Kier alpha value is -1.56. The van der Waals surface area contributed by atoms with E-state index in [9.17, 15) is 0 Å². The molecule has 0 aromatic heterocycles. The van der Waals surface area contributed by atoms with Gasteiger partial charge in [0.05, 0.1) is 0 Å². The van der Waals surface area contributed by atoms with Crippen molar-refractivity contribution in [2.24, 2.45) is 71.0 Å². The van der Waals surface area contributed by atoms with Gasteiger partial charge in [-0.1, -0.05) is 248 Å². The normalized spacial score (nSPS) is 38.3. The monoisotopic (exact) mass is 813 g/mol. The third kappa shape index (κ3) is 11.4. The molecule has 0 amide bonds. The third-order valence-electron chi connectivity index (χ3n) is 20.1. The summed E-state index contributed by atoms with van der Waals surface area (Å²) in [6.45, 7) is 0. The first-order valence-corrected chi connectivity index (χ1v) is 27.9. The number of hydrogen-bond donors (Lipinski definition) is 0. The molecule has 332 valence electrons. The molecule has 11 saturated carbocycles. The standard InChI is InChI=1S/C13H10.2C12H20.2C9H16.C5H10/c1-3-7-12-10(5-1)9-11-6-2-4-8-13(11)12;2*1-3-9-7-11-5-2-6-12(11)8-10(9)4-1;2*1-2-5-9-7-3-6-8(9)4-1;1-2-4-5-3-1/h1-8H,9H2;2*9-12H,1-8H2;2*8-9H,1-7H2;1-5H2. The summed E-state index contributed by atoms with van der Waals surface area (Å²) in [6, 6.07) is 17.3. The molecule has 2 aromatic carbocycles. The molecule has 14 rings (SSSR count). The summed E-state index contributed by atoms with van der Waals surface area (Å²) < 4.78 is 0. The maximum Gasteiger partial charge on any atom is -0.00135 e. The summed E-state index contributed by atoms with van der Waals surface area (Å²) in [5, 5.41) is 0. The highest BCUT2D eigenvalue weighted by atomic mass is 14.5. The first kappa shape index (κ1) is 43.7. The lowest BCUT2D eigenvalue weighted by Gasteiger charge is -2.34. The zero-order valence-electron chi connectivity index (χ0n) is 39.0. The molecule has 12 atom stereocenters. The molecular formula is C60H92. The van der Waals surface area contributed by atoms with Crippen LogP contribution in [0.5, 0.6) is 0 Å². The Balaban J connectivity index is 0.0000000942. The Bertz CT molecular complexity index is 1330. The molecule has 0 nitrogen and oxygen atoms in total. The second kappa shape index (κ2) is 22.4. The molecule has 0 spiro atoms. The van der Waals surface area contributed by atoms with Gasteiger partial charge in [0.15, 0.2) is 0 Å². The van der Waals surface area contributed by atoms with Gasteiger partial charge >= 0.3 is 0 Å². The van der Waals surface area contributed by atoms with Crippen LogP contribution in [0.1, 0.15) is 236 Å². The summed E-state index contributed by atoms with van der Waals surface area (Å²) in [5.74, 6) is 14.0. The third-order valence-corrected chi connectivity index (χ3v) is 20.1. The van der Waals surface area contributed by atoms with Crippen molar-refractivity contribution >= 4 is 0 Å². The maximum atomic E-state index is 2.22. The van der Waals surface area contributed by atoms with Gasteiger partial charge in [0.25, 0.3) is 0 Å². The molecule has 0 saturated heterocycles. The average molecular weight is 813 g/mol. The fraction of sp³-hybridized carbons (Fsp3) is 0.800. The van der Waals surface area contributed by atoms with Crippen LogP contribution in [0.3, 0.4) is 0 Å². The molecule has 0 heteroatoms. The van der Waals surface area contributed by atoms with E-state index in [1.165, 1.54) is 164 Å². The maximum absolute atomic E-state index is 2.22. The Labute approximate surface area is 371 Å². The molecule has 0 heterocycles. The van der Waals surface area contributed by atoms with Crippen molar-refractivity contribution < 1.29 is 0 Å². The second-order valence-corrected chi connectivity index (χ2v) is 23.5. The van der Waals surface area contributed by atoms with Gasteiger partial charge in [-0.15, -0.1) is 0 Å². The van der Waals surface area contributed by atoms with E-state index in [1.54, 1.807) is 154 Å². The van der Waals surface area contributed by atoms with Crippen molar-refractivity contribution in [1.29, 1.82) is 0 Å². The van der Waals surface area contributed by atoms with Crippen LogP contribution in [0, 0.1) is 71.0 Å². The average Bonchev–Trinajstić information content (AvgIpc) is 4.15. The second-order valence-electron chi connectivity index (χ2n) is 23.5. The number of fused-ring (bicyclic) bond motifs is 9. The van der Waals surface area contributed by atoms with E-state index in [2.05, 4.69) is 48.5 Å². The SMILES string of the molecule is C1CC2CC3CCCC3CC2C1.C1CC2CC3CCCC3CC2C1.C1CCC2CCCC2C1.C1CCC2CCCC2C1.C1CCCC1.c1ccc2c(c1)Cc1ccccc1-2. The van der Waals surface area contributed by atoms with Crippen LogP contribution in [0.2, 0.25) is 0 Å². The highest BCUT2D eigenvalue weighted by Gasteiger charge is 2.42. The van der Waals surface area contributed by atoms with Crippen molar-refractivity contribution in [3.8, 4) is 11.1 Å². The highest BCUT2D eigenvalue weighted by Crippen LogP contribution is 2.53. The lowest BCUT2D eigenvalue weighted by atomic mass is 9.71. The molecule has 2 aromatic rings. The summed E-state index contributed by atoms with van der Waals surface area (Å²) in [5.41, 5.74) is 5.75. The smallest absolute Gasteiger partial charge is 0.00135 e. The fourth-order valence-electron chi connectivity index (χ4n) is 16.8. The van der Waals surface area contributed by atoms with Gasteiger partial charge in [0.2, 0.25) is 0 Å². The lowest BCUT2D eigenvalue weighted by Crippen LogP contribution is -2.25. The summed E-state index contributed by atoms with van der Waals surface area (Å²) >= 11 is 0. The molecule has 11 fully saturated rings. The van der Waals surface area contributed by atoms with Gasteiger partial charge in [-0.05, 0) is 125 Å². The largest absolute Gasteiger partial charge is 0.0619 e. The first-order valence-electron chi connectivity index (χ1n) is 27.9. The van der Waals surface area contributed by atoms with Gasteiger partial charge in [-0.2, -0.15) is 0 Å². The van der Waals surface area contributed by atoms with Crippen LogP contribution in [0.15, 0.2) is 48.5 Å². The lowest BCUT2D eigenvalue weighted by molar-refractivity contribution is 0.157. The Morgan fingerprint density at radius 1 is 0.217 bits per heavy atom. The molecule has 0 aliphatic heterocycles. The molecule has 12 unspecified atom stereocenters. The molecule has 0 radical (unpaired) electrons. The summed E-state index contributed by atoms with van der Waals surface area (Å²) in [6.07, 6.45) is 55.6. The number of hydrogen-bond acceptors (Lipinski definition) is 0. The molecule has 0 N–H and O–H groups in total. The van der Waals surface area contributed by atoms with E-state index >= 15 is 0 Å². The van der Waals surface area contributed by atoms with Crippen molar-refractivity contribution in [2.75, 3.05) is 0 Å². The van der Waals surface area contributed by atoms with Crippen LogP contribution < -0.4 is 0 Å². The Kier molecular flexibility index (Phi) is 16.3.